The molecular formula is C13H20Br2N2O3S. The Morgan fingerprint density at radius 2 is 2.00 bits per heavy atom. The van der Waals surface area contributed by atoms with Crippen molar-refractivity contribution in [1.29, 1.82) is 0 Å². The quantitative estimate of drug-likeness (QED) is 0.656. The molecule has 0 heterocycles. The predicted octanol–water partition coefficient (Wildman–Crippen LogP) is 3.23. The van der Waals surface area contributed by atoms with Crippen LogP contribution >= 0.6 is 31.9 Å². The molecule has 0 spiro atoms. The molecule has 1 aromatic carbocycles. The van der Waals surface area contributed by atoms with Crippen LogP contribution in [0.1, 0.15) is 20.3 Å². The van der Waals surface area contributed by atoms with Crippen LogP contribution in [0.4, 0.5) is 5.69 Å². The molecule has 0 aliphatic rings. The molecule has 1 aromatic rings. The maximum Gasteiger partial charge on any atom is 0.246 e. The van der Waals surface area contributed by atoms with E-state index in [0.29, 0.717) is 17.5 Å². The van der Waals surface area contributed by atoms with E-state index in [1.54, 1.807) is 19.2 Å². The topological polar surface area (TPSA) is 72.6 Å². The average molecular weight is 444 g/mol. The maximum atomic E-state index is 12.9. The monoisotopic (exact) mass is 442 g/mol. The molecule has 0 bridgehead atoms. The summed E-state index contributed by atoms with van der Waals surface area (Å²) in [5, 5.41) is 0. The minimum absolute atomic E-state index is 0.0992. The van der Waals surface area contributed by atoms with Crippen LogP contribution in [0.3, 0.4) is 0 Å². The number of methoxy groups -OCH3 is 1. The van der Waals surface area contributed by atoms with Crippen LogP contribution in [0.5, 0.6) is 0 Å². The van der Waals surface area contributed by atoms with Crippen LogP contribution in [0, 0.1) is 0 Å². The zero-order chi connectivity index (χ0) is 16.2. The highest BCUT2D eigenvalue weighted by molar-refractivity contribution is 9.11. The fourth-order valence-corrected chi connectivity index (χ4v) is 5.64. The number of rotatable bonds is 7. The first-order valence-corrected chi connectivity index (χ1v) is 9.53. The molecule has 0 aromatic heterocycles. The normalized spacial score (nSPS) is 13.6. The highest BCUT2D eigenvalue weighted by Crippen LogP contribution is 2.34. The molecule has 1 atom stereocenters. The third-order valence-corrected chi connectivity index (χ3v) is 6.68. The molecule has 5 nitrogen and oxygen atoms in total. The summed E-state index contributed by atoms with van der Waals surface area (Å²) >= 11 is 6.59. The third kappa shape index (κ3) is 4.41. The lowest BCUT2D eigenvalue weighted by atomic mass is 10.3. The Hall–Kier alpha value is -0.150. The van der Waals surface area contributed by atoms with Gasteiger partial charge in [0.05, 0.1) is 12.3 Å². The van der Waals surface area contributed by atoms with Crippen LogP contribution in [-0.2, 0) is 14.8 Å². The molecule has 2 N–H and O–H groups in total. The number of hydrogen-bond acceptors (Lipinski definition) is 4. The lowest BCUT2D eigenvalue weighted by molar-refractivity contribution is 0.167. The van der Waals surface area contributed by atoms with Crippen molar-refractivity contribution < 1.29 is 13.2 Å². The molecule has 0 fully saturated rings. The van der Waals surface area contributed by atoms with Crippen molar-refractivity contribution in [3.05, 3.63) is 21.1 Å². The minimum Gasteiger partial charge on any atom is -0.398 e. The predicted molar refractivity (Wildman–Crippen MR) is 91.8 cm³/mol. The number of benzene rings is 1. The highest BCUT2D eigenvalue weighted by atomic mass is 79.9. The van der Waals surface area contributed by atoms with Crippen molar-refractivity contribution in [3.63, 3.8) is 0 Å². The standard InChI is InChI=1S/C13H20Br2N2O3S/c1-4-9(2)17(5-6-20-3)21(18,19)13-11(15)7-10(14)8-12(13)16/h7-9H,4-6,16H2,1-3H3. The van der Waals surface area contributed by atoms with Gasteiger partial charge in [0.15, 0.2) is 0 Å². The van der Waals surface area contributed by atoms with E-state index in [2.05, 4.69) is 31.9 Å². The average Bonchev–Trinajstić information content (AvgIpc) is 2.36. The fraction of sp³-hybridized carbons (Fsp3) is 0.538. The Morgan fingerprint density at radius 1 is 1.38 bits per heavy atom. The zero-order valence-electron chi connectivity index (χ0n) is 12.3. The number of nitrogens with zero attached hydrogens (tertiary/aromatic N) is 1. The van der Waals surface area contributed by atoms with Crippen molar-refractivity contribution in [2.75, 3.05) is 26.0 Å². The fourth-order valence-electron chi connectivity index (χ4n) is 1.93. The largest absolute Gasteiger partial charge is 0.398 e. The van der Waals surface area contributed by atoms with Crippen LogP contribution in [0.25, 0.3) is 0 Å². The van der Waals surface area contributed by atoms with Gasteiger partial charge in [-0.2, -0.15) is 4.31 Å². The first-order valence-electron chi connectivity index (χ1n) is 6.51. The van der Waals surface area contributed by atoms with E-state index in [-0.39, 0.29) is 23.2 Å². The number of nitrogen functional groups attached to an aromatic ring is 1. The summed E-state index contributed by atoms with van der Waals surface area (Å²) < 4.78 is 33.5. The molecule has 0 saturated carbocycles. The molecule has 0 amide bonds. The number of ether oxygens (including phenoxy) is 1. The van der Waals surface area contributed by atoms with Gasteiger partial charge in [-0.1, -0.05) is 22.9 Å². The van der Waals surface area contributed by atoms with Gasteiger partial charge in [0.2, 0.25) is 10.0 Å². The summed E-state index contributed by atoms with van der Waals surface area (Å²) in [7, 11) is -2.16. The minimum atomic E-state index is -3.70. The van der Waals surface area contributed by atoms with E-state index in [4.69, 9.17) is 10.5 Å². The molecule has 21 heavy (non-hydrogen) atoms. The van der Waals surface area contributed by atoms with Gasteiger partial charge in [0.25, 0.3) is 0 Å². The molecule has 0 radical (unpaired) electrons. The molecule has 0 saturated heterocycles. The van der Waals surface area contributed by atoms with Crippen LogP contribution in [-0.4, -0.2) is 39.0 Å². The van der Waals surface area contributed by atoms with Crippen molar-refractivity contribution in [3.8, 4) is 0 Å². The van der Waals surface area contributed by atoms with Gasteiger partial charge in [-0.15, -0.1) is 0 Å². The summed E-state index contributed by atoms with van der Waals surface area (Å²) in [6, 6.07) is 3.12. The highest BCUT2D eigenvalue weighted by Gasteiger charge is 2.31. The molecule has 8 heteroatoms. The summed E-state index contributed by atoms with van der Waals surface area (Å²) in [5.41, 5.74) is 6.13. The van der Waals surface area contributed by atoms with E-state index in [0.717, 1.165) is 4.47 Å². The van der Waals surface area contributed by atoms with Gasteiger partial charge in [0.1, 0.15) is 4.90 Å². The number of sulfonamides is 1. The lowest BCUT2D eigenvalue weighted by Crippen LogP contribution is -2.40. The van der Waals surface area contributed by atoms with Crippen molar-refractivity contribution >= 4 is 47.6 Å². The first-order chi connectivity index (χ1) is 9.75. The van der Waals surface area contributed by atoms with Gasteiger partial charge in [-0.25, -0.2) is 8.42 Å². The summed E-state index contributed by atoms with van der Waals surface area (Å²) in [5.74, 6) is 0. The Bertz CT molecular complexity index is 570. The van der Waals surface area contributed by atoms with E-state index < -0.39 is 10.0 Å². The molecule has 1 unspecified atom stereocenters. The molecule has 0 aliphatic heterocycles. The van der Waals surface area contributed by atoms with E-state index >= 15 is 0 Å². The van der Waals surface area contributed by atoms with E-state index in [9.17, 15) is 8.42 Å². The lowest BCUT2D eigenvalue weighted by Gasteiger charge is -2.28. The Kier molecular flexibility index (Phi) is 7.12. The summed E-state index contributed by atoms with van der Waals surface area (Å²) in [4.78, 5) is 0.0992. The van der Waals surface area contributed by atoms with Gasteiger partial charge < -0.3 is 10.5 Å². The van der Waals surface area contributed by atoms with Gasteiger partial charge in [0, 0.05) is 28.6 Å². The Morgan fingerprint density at radius 3 is 2.48 bits per heavy atom. The van der Waals surface area contributed by atoms with Crippen LogP contribution in [0.2, 0.25) is 0 Å². The Labute approximate surface area is 143 Å². The van der Waals surface area contributed by atoms with Gasteiger partial charge in [-0.05, 0) is 41.4 Å². The van der Waals surface area contributed by atoms with Crippen molar-refractivity contribution in [1.82, 2.24) is 4.31 Å². The van der Waals surface area contributed by atoms with Crippen LogP contribution < -0.4 is 5.73 Å². The van der Waals surface area contributed by atoms with E-state index in [1.807, 2.05) is 13.8 Å². The number of anilines is 1. The molecule has 0 aliphatic carbocycles. The third-order valence-electron chi connectivity index (χ3n) is 3.20. The summed E-state index contributed by atoms with van der Waals surface area (Å²) in [6.45, 7) is 4.43. The van der Waals surface area contributed by atoms with Crippen molar-refractivity contribution in [2.24, 2.45) is 0 Å². The van der Waals surface area contributed by atoms with E-state index in [1.165, 1.54) is 4.31 Å². The second-order valence-electron chi connectivity index (χ2n) is 4.67. The maximum absolute atomic E-state index is 12.9. The van der Waals surface area contributed by atoms with Crippen LogP contribution in [0.15, 0.2) is 26.0 Å². The second-order valence-corrected chi connectivity index (χ2v) is 8.27. The Balaban J connectivity index is 3.35. The number of halogens is 2. The van der Waals surface area contributed by atoms with Gasteiger partial charge in [-0.3, -0.25) is 0 Å². The van der Waals surface area contributed by atoms with Gasteiger partial charge >= 0.3 is 0 Å². The summed E-state index contributed by atoms with van der Waals surface area (Å²) in [6.07, 6.45) is 0.705. The molecule has 120 valence electrons. The van der Waals surface area contributed by atoms with Crippen molar-refractivity contribution in [2.45, 2.75) is 31.2 Å². The second kappa shape index (κ2) is 7.92. The SMILES string of the molecule is CCC(C)N(CCOC)S(=O)(=O)c1c(N)cc(Br)cc1Br. The zero-order valence-corrected chi connectivity index (χ0v) is 16.3. The number of hydrogen-bond donors (Lipinski definition) is 1. The smallest absolute Gasteiger partial charge is 0.246 e. The first kappa shape index (κ1) is 18.9. The molecule has 1 rings (SSSR count). The number of nitrogens with two attached hydrogens (primary N) is 1. The molecular weight excluding hydrogens is 424 g/mol.